The van der Waals surface area contributed by atoms with Crippen molar-refractivity contribution >= 4 is 0 Å². The maximum absolute atomic E-state index is 2.47. The van der Waals surface area contributed by atoms with E-state index < -0.39 is 0 Å². The summed E-state index contributed by atoms with van der Waals surface area (Å²) in [6, 6.07) is 0.756. The van der Waals surface area contributed by atoms with Gasteiger partial charge in [0.25, 0.3) is 0 Å². The molecular weight excluding hydrogens is 230 g/mol. The summed E-state index contributed by atoms with van der Waals surface area (Å²) in [6.45, 7) is 15.6. The van der Waals surface area contributed by atoms with E-state index in [1.54, 1.807) is 5.70 Å². The molecule has 0 aromatic carbocycles. The number of quaternary nitrogens is 1. The van der Waals surface area contributed by atoms with E-state index in [0.717, 1.165) is 12.0 Å². The summed E-state index contributed by atoms with van der Waals surface area (Å²) in [7, 11) is 2.44. The molecule has 0 aromatic heterocycles. The van der Waals surface area contributed by atoms with Crippen LogP contribution in [0.3, 0.4) is 0 Å². The third-order valence-electron chi connectivity index (χ3n) is 5.72. The third kappa shape index (κ3) is 4.34. The number of hydrogen-bond acceptors (Lipinski definition) is 0. The van der Waals surface area contributed by atoms with Crippen LogP contribution in [0.1, 0.15) is 73.6 Å². The largest absolute Gasteiger partial charge is 0.295 e. The van der Waals surface area contributed by atoms with Gasteiger partial charge in [-0.1, -0.05) is 34.1 Å². The van der Waals surface area contributed by atoms with E-state index in [2.05, 4.69) is 54.7 Å². The molecule has 0 fully saturated rings. The Bertz CT molecular complexity index is 316. The van der Waals surface area contributed by atoms with Gasteiger partial charge in [0.05, 0.1) is 19.6 Å². The standard InChI is InChI=1S/C18H36N/c1-8-18(5,6)13-9-10-16(3)19(7)14-15(2)11-12-17(19)4/h12,15-16H,8-11,13-14H2,1-7H3/q+1. The Morgan fingerprint density at radius 3 is 2.63 bits per heavy atom. The van der Waals surface area contributed by atoms with Gasteiger partial charge in [0, 0.05) is 12.8 Å². The van der Waals surface area contributed by atoms with Crippen LogP contribution in [-0.4, -0.2) is 24.1 Å². The number of rotatable bonds is 6. The third-order valence-corrected chi connectivity index (χ3v) is 5.72. The highest BCUT2D eigenvalue weighted by molar-refractivity contribution is 4.95. The minimum Gasteiger partial charge on any atom is -0.295 e. The lowest BCUT2D eigenvalue weighted by molar-refractivity contribution is -0.901. The van der Waals surface area contributed by atoms with Crippen molar-refractivity contribution in [1.82, 2.24) is 0 Å². The van der Waals surface area contributed by atoms with Crippen LogP contribution in [0, 0.1) is 11.3 Å². The van der Waals surface area contributed by atoms with Gasteiger partial charge in [-0.15, -0.1) is 0 Å². The van der Waals surface area contributed by atoms with Gasteiger partial charge in [-0.3, -0.25) is 4.48 Å². The van der Waals surface area contributed by atoms with Crippen molar-refractivity contribution in [2.75, 3.05) is 13.6 Å². The van der Waals surface area contributed by atoms with Crippen molar-refractivity contribution in [1.29, 1.82) is 0 Å². The molecule has 1 rings (SSSR count). The molecule has 3 atom stereocenters. The fourth-order valence-electron chi connectivity index (χ4n) is 3.31. The molecule has 0 spiro atoms. The van der Waals surface area contributed by atoms with Gasteiger partial charge in [-0.05, 0) is 44.1 Å². The summed E-state index contributed by atoms with van der Waals surface area (Å²) in [5.41, 5.74) is 2.11. The summed E-state index contributed by atoms with van der Waals surface area (Å²) in [5.74, 6) is 0.836. The van der Waals surface area contributed by atoms with E-state index in [4.69, 9.17) is 0 Å². The van der Waals surface area contributed by atoms with E-state index in [0.29, 0.717) is 5.41 Å². The Hall–Kier alpha value is -0.300. The van der Waals surface area contributed by atoms with E-state index in [1.165, 1.54) is 43.1 Å². The van der Waals surface area contributed by atoms with Gasteiger partial charge in [0.2, 0.25) is 0 Å². The highest BCUT2D eigenvalue weighted by Gasteiger charge is 2.35. The summed E-state index contributed by atoms with van der Waals surface area (Å²) in [4.78, 5) is 0. The highest BCUT2D eigenvalue weighted by Crippen LogP contribution is 2.32. The molecule has 0 aliphatic carbocycles. The zero-order valence-corrected chi connectivity index (χ0v) is 14.4. The minimum absolute atomic E-state index is 0.526. The predicted molar refractivity (Wildman–Crippen MR) is 86.0 cm³/mol. The Balaban J connectivity index is 2.55. The second-order valence-electron chi connectivity index (χ2n) is 7.90. The van der Waals surface area contributed by atoms with E-state index in [1.807, 2.05) is 0 Å². The second kappa shape index (κ2) is 6.43. The molecule has 3 unspecified atom stereocenters. The normalized spacial score (nSPS) is 30.1. The molecule has 112 valence electrons. The summed E-state index contributed by atoms with van der Waals surface area (Å²) < 4.78 is 1.17. The molecule has 0 saturated carbocycles. The lowest BCUT2D eigenvalue weighted by Gasteiger charge is -2.44. The fraction of sp³-hybridized carbons (Fsp3) is 0.889. The first kappa shape index (κ1) is 16.8. The van der Waals surface area contributed by atoms with Crippen molar-refractivity contribution < 1.29 is 4.48 Å². The number of nitrogens with zero attached hydrogens (tertiary/aromatic N) is 1. The van der Waals surface area contributed by atoms with E-state index in [9.17, 15) is 0 Å². The lowest BCUT2D eigenvalue weighted by Crippen LogP contribution is -2.53. The average Bonchev–Trinajstić information content (AvgIpc) is 2.34. The predicted octanol–water partition coefficient (Wildman–Crippen LogP) is 5.37. The fourth-order valence-corrected chi connectivity index (χ4v) is 3.31. The molecule has 0 radical (unpaired) electrons. The minimum atomic E-state index is 0.526. The van der Waals surface area contributed by atoms with Gasteiger partial charge in [-0.2, -0.15) is 0 Å². The molecule has 0 saturated heterocycles. The van der Waals surface area contributed by atoms with Crippen LogP contribution in [0.25, 0.3) is 0 Å². The maximum atomic E-state index is 2.47. The molecule has 0 bridgehead atoms. The Kier molecular flexibility index (Phi) is 5.67. The highest BCUT2D eigenvalue weighted by atomic mass is 15.4. The SMILES string of the molecule is CCC(C)(C)CCCC(C)[N+]1(C)CC(C)CC=C1C. The number of allylic oxidation sites excluding steroid dienone is 2. The lowest BCUT2D eigenvalue weighted by atomic mass is 9.84. The molecule has 0 aromatic rings. The van der Waals surface area contributed by atoms with Crippen molar-refractivity contribution in [3.8, 4) is 0 Å². The van der Waals surface area contributed by atoms with Crippen molar-refractivity contribution in [3.05, 3.63) is 11.8 Å². The first-order chi connectivity index (χ1) is 8.71. The molecule has 1 heterocycles. The molecule has 0 amide bonds. The monoisotopic (exact) mass is 266 g/mol. The molecule has 0 N–H and O–H groups in total. The number of hydrogen-bond donors (Lipinski definition) is 0. The van der Waals surface area contributed by atoms with Gasteiger partial charge in [-0.25, -0.2) is 0 Å². The van der Waals surface area contributed by atoms with Crippen LogP contribution in [0.5, 0.6) is 0 Å². The van der Waals surface area contributed by atoms with Crippen LogP contribution in [0.15, 0.2) is 11.8 Å². The maximum Gasteiger partial charge on any atom is 0.102 e. The van der Waals surface area contributed by atoms with E-state index >= 15 is 0 Å². The van der Waals surface area contributed by atoms with Gasteiger partial charge >= 0.3 is 0 Å². The molecule has 1 heteroatoms. The average molecular weight is 266 g/mol. The van der Waals surface area contributed by atoms with Crippen LogP contribution in [-0.2, 0) is 0 Å². The Labute approximate surface area is 121 Å². The van der Waals surface area contributed by atoms with Crippen LogP contribution in [0.4, 0.5) is 0 Å². The Morgan fingerprint density at radius 1 is 1.42 bits per heavy atom. The van der Waals surface area contributed by atoms with Gasteiger partial charge in [0.1, 0.15) is 5.70 Å². The second-order valence-corrected chi connectivity index (χ2v) is 7.90. The van der Waals surface area contributed by atoms with Crippen molar-refractivity contribution in [2.45, 2.75) is 79.7 Å². The topological polar surface area (TPSA) is 0 Å². The van der Waals surface area contributed by atoms with Crippen molar-refractivity contribution in [3.63, 3.8) is 0 Å². The molecule has 1 aliphatic rings. The van der Waals surface area contributed by atoms with Crippen LogP contribution < -0.4 is 0 Å². The zero-order valence-electron chi connectivity index (χ0n) is 14.4. The quantitative estimate of drug-likeness (QED) is 0.567. The first-order valence-electron chi connectivity index (χ1n) is 8.24. The molecule has 1 aliphatic heterocycles. The Morgan fingerprint density at radius 2 is 2.05 bits per heavy atom. The molecular formula is C18H36N+. The van der Waals surface area contributed by atoms with Crippen LogP contribution >= 0.6 is 0 Å². The first-order valence-corrected chi connectivity index (χ1v) is 8.24. The van der Waals surface area contributed by atoms with Crippen LogP contribution in [0.2, 0.25) is 0 Å². The van der Waals surface area contributed by atoms with E-state index in [-0.39, 0.29) is 0 Å². The van der Waals surface area contributed by atoms with Gasteiger partial charge < -0.3 is 0 Å². The summed E-state index contributed by atoms with van der Waals surface area (Å²) >= 11 is 0. The summed E-state index contributed by atoms with van der Waals surface area (Å²) in [5, 5.41) is 0. The van der Waals surface area contributed by atoms with Crippen molar-refractivity contribution in [2.24, 2.45) is 11.3 Å². The smallest absolute Gasteiger partial charge is 0.102 e. The summed E-state index contributed by atoms with van der Waals surface area (Å²) in [6.07, 6.45) is 9.14. The molecule has 1 nitrogen and oxygen atoms in total. The van der Waals surface area contributed by atoms with Gasteiger partial charge in [0.15, 0.2) is 0 Å². The zero-order chi connectivity index (χ0) is 14.7. The molecule has 19 heavy (non-hydrogen) atoms.